The van der Waals surface area contributed by atoms with Crippen molar-refractivity contribution in [2.75, 3.05) is 0 Å². The summed E-state index contributed by atoms with van der Waals surface area (Å²) in [6.45, 7) is 6.67. The summed E-state index contributed by atoms with van der Waals surface area (Å²) in [7, 11) is 0. The van der Waals surface area contributed by atoms with Crippen LogP contribution in [-0.2, 0) is 0 Å². The number of aliphatic hydroxyl groups excluding tert-OH is 1. The molecule has 0 bridgehead atoms. The monoisotopic (exact) mass is 276 g/mol. The molecule has 112 valence electrons. The molecule has 0 heterocycles. The van der Waals surface area contributed by atoms with Gasteiger partial charge in [-0.15, -0.1) is 0 Å². The molecule has 1 aliphatic carbocycles. The molecule has 4 unspecified atom stereocenters. The molecule has 0 amide bonds. The molecule has 0 spiro atoms. The average molecular weight is 276 g/mol. The lowest BCUT2D eigenvalue weighted by Crippen LogP contribution is -2.38. The first-order chi connectivity index (χ1) is 9.63. The van der Waals surface area contributed by atoms with Gasteiger partial charge >= 0.3 is 0 Å². The lowest BCUT2D eigenvalue weighted by molar-refractivity contribution is -0.0109. The van der Waals surface area contributed by atoms with E-state index in [4.69, 9.17) is 4.74 Å². The van der Waals surface area contributed by atoms with E-state index in [-0.39, 0.29) is 12.2 Å². The van der Waals surface area contributed by atoms with E-state index in [1.165, 1.54) is 12.0 Å². The van der Waals surface area contributed by atoms with Crippen LogP contribution in [0.2, 0.25) is 0 Å². The SMILES string of the molecule is CCC1CCC(O)C(Oc2ccc(C(C)CC)cc2)C1. The van der Waals surface area contributed by atoms with Crippen LogP contribution in [0.1, 0.15) is 64.4 Å². The zero-order valence-corrected chi connectivity index (χ0v) is 13.0. The van der Waals surface area contributed by atoms with Crippen LogP contribution in [0, 0.1) is 5.92 Å². The van der Waals surface area contributed by atoms with Crippen LogP contribution in [-0.4, -0.2) is 17.3 Å². The topological polar surface area (TPSA) is 29.5 Å². The number of hydrogen-bond acceptors (Lipinski definition) is 2. The first-order valence-electron chi connectivity index (χ1n) is 8.08. The fourth-order valence-corrected chi connectivity index (χ4v) is 2.98. The number of benzene rings is 1. The molecular weight excluding hydrogens is 248 g/mol. The van der Waals surface area contributed by atoms with Gasteiger partial charge in [-0.1, -0.05) is 39.3 Å². The predicted octanol–water partition coefficient (Wildman–Crippen LogP) is 4.52. The fraction of sp³-hybridized carbons (Fsp3) is 0.667. The fourth-order valence-electron chi connectivity index (χ4n) is 2.98. The minimum absolute atomic E-state index is 0.0388. The molecule has 20 heavy (non-hydrogen) atoms. The quantitative estimate of drug-likeness (QED) is 0.857. The van der Waals surface area contributed by atoms with Crippen molar-refractivity contribution in [1.82, 2.24) is 0 Å². The Bertz CT molecular complexity index is 398. The summed E-state index contributed by atoms with van der Waals surface area (Å²) in [6, 6.07) is 8.39. The molecule has 2 rings (SSSR count). The van der Waals surface area contributed by atoms with Crippen LogP contribution in [0.15, 0.2) is 24.3 Å². The highest BCUT2D eigenvalue weighted by molar-refractivity contribution is 5.29. The van der Waals surface area contributed by atoms with E-state index < -0.39 is 0 Å². The van der Waals surface area contributed by atoms with Crippen molar-refractivity contribution in [3.05, 3.63) is 29.8 Å². The molecule has 0 saturated heterocycles. The normalized spacial score (nSPS) is 28.1. The Morgan fingerprint density at radius 2 is 1.90 bits per heavy atom. The molecule has 1 aliphatic rings. The van der Waals surface area contributed by atoms with Crippen molar-refractivity contribution < 1.29 is 9.84 Å². The Hall–Kier alpha value is -1.02. The molecule has 1 saturated carbocycles. The van der Waals surface area contributed by atoms with Crippen molar-refractivity contribution in [1.29, 1.82) is 0 Å². The second-order valence-corrected chi connectivity index (χ2v) is 6.19. The van der Waals surface area contributed by atoms with Crippen LogP contribution in [0.3, 0.4) is 0 Å². The van der Waals surface area contributed by atoms with Crippen LogP contribution < -0.4 is 4.74 Å². The molecule has 2 nitrogen and oxygen atoms in total. The van der Waals surface area contributed by atoms with Gasteiger partial charge in [0.05, 0.1) is 6.10 Å². The summed E-state index contributed by atoms with van der Waals surface area (Å²) in [5.74, 6) is 2.18. The minimum atomic E-state index is -0.313. The summed E-state index contributed by atoms with van der Waals surface area (Å²) >= 11 is 0. The zero-order chi connectivity index (χ0) is 14.5. The molecule has 0 radical (unpaired) electrons. The van der Waals surface area contributed by atoms with E-state index in [2.05, 4.69) is 32.9 Å². The third kappa shape index (κ3) is 3.76. The molecule has 4 atom stereocenters. The summed E-state index contributed by atoms with van der Waals surface area (Å²) < 4.78 is 6.02. The maximum Gasteiger partial charge on any atom is 0.125 e. The van der Waals surface area contributed by atoms with Gasteiger partial charge in [0, 0.05) is 0 Å². The zero-order valence-electron chi connectivity index (χ0n) is 13.0. The molecule has 1 N–H and O–H groups in total. The van der Waals surface area contributed by atoms with Gasteiger partial charge in [-0.05, 0) is 55.2 Å². The lowest BCUT2D eigenvalue weighted by atomic mass is 9.84. The summed E-state index contributed by atoms with van der Waals surface area (Å²) in [6.07, 6.45) is 4.96. The van der Waals surface area contributed by atoms with E-state index in [9.17, 15) is 5.11 Å². The Balaban J connectivity index is 1.98. The maximum atomic E-state index is 10.1. The second kappa shape index (κ2) is 7.12. The Morgan fingerprint density at radius 3 is 2.50 bits per heavy atom. The third-order valence-electron chi connectivity index (χ3n) is 4.79. The molecule has 1 aromatic rings. The molecule has 2 heteroatoms. The number of rotatable bonds is 5. The number of aliphatic hydroxyl groups is 1. The van der Waals surface area contributed by atoms with E-state index in [0.29, 0.717) is 11.8 Å². The van der Waals surface area contributed by atoms with Crippen LogP contribution in [0.4, 0.5) is 0 Å². The molecule has 0 aromatic heterocycles. The highest BCUT2D eigenvalue weighted by Gasteiger charge is 2.29. The maximum absolute atomic E-state index is 10.1. The van der Waals surface area contributed by atoms with Crippen LogP contribution in [0.5, 0.6) is 5.75 Å². The van der Waals surface area contributed by atoms with Gasteiger partial charge in [0.25, 0.3) is 0 Å². The van der Waals surface area contributed by atoms with Crippen LogP contribution in [0.25, 0.3) is 0 Å². The van der Waals surface area contributed by atoms with Gasteiger partial charge in [0.15, 0.2) is 0 Å². The predicted molar refractivity (Wildman–Crippen MR) is 83.2 cm³/mol. The summed E-state index contributed by atoms with van der Waals surface area (Å²) in [5.41, 5.74) is 1.36. The smallest absolute Gasteiger partial charge is 0.125 e. The Labute approximate surface area is 123 Å². The molecule has 1 fully saturated rings. The summed E-state index contributed by atoms with van der Waals surface area (Å²) in [5, 5.41) is 10.1. The van der Waals surface area contributed by atoms with E-state index in [1.807, 2.05) is 12.1 Å². The van der Waals surface area contributed by atoms with Crippen molar-refractivity contribution in [3.8, 4) is 5.75 Å². The van der Waals surface area contributed by atoms with Gasteiger partial charge in [0.1, 0.15) is 11.9 Å². The Kier molecular flexibility index (Phi) is 5.47. The Morgan fingerprint density at radius 1 is 1.20 bits per heavy atom. The van der Waals surface area contributed by atoms with Crippen molar-refractivity contribution >= 4 is 0 Å². The highest BCUT2D eigenvalue weighted by Crippen LogP contribution is 2.30. The lowest BCUT2D eigenvalue weighted by Gasteiger charge is -2.33. The minimum Gasteiger partial charge on any atom is -0.488 e. The van der Waals surface area contributed by atoms with Crippen LogP contribution >= 0.6 is 0 Å². The largest absolute Gasteiger partial charge is 0.488 e. The standard InChI is InChI=1S/C18H28O2/c1-4-13(3)15-7-9-16(10-8-15)20-18-12-14(5-2)6-11-17(18)19/h7-10,13-14,17-19H,4-6,11-12H2,1-3H3. The van der Waals surface area contributed by atoms with Crippen molar-refractivity contribution in [3.63, 3.8) is 0 Å². The molecule has 1 aromatic carbocycles. The first kappa shape index (κ1) is 15.4. The molecular formula is C18H28O2. The van der Waals surface area contributed by atoms with Gasteiger partial charge in [-0.25, -0.2) is 0 Å². The van der Waals surface area contributed by atoms with Gasteiger partial charge < -0.3 is 9.84 Å². The number of hydrogen-bond donors (Lipinski definition) is 1. The number of ether oxygens (including phenoxy) is 1. The third-order valence-corrected chi connectivity index (χ3v) is 4.79. The van der Waals surface area contributed by atoms with Gasteiger partial charge in [-0.2, -0.15) is 0 Å². The first-order valence-corrected chi connectivity index (χ1v) is 8.08. The van der Waals surface area contributed by atoms with Crippen molar-refractivity contribution in [2.45, 2.75) is 71.0 Å². The van der Waals surface area contributed by atoms with Crippen molar-refractivity contribution in [2.24, 2.45) is 5.92 Å². The average Bonchev–Trinajstić information content (AvgIpc) is 2.49. The van der Waals surface area contributed by atoms with E-state index >= 15 is 0 Å². The van der Waals surface area contributed by atoms with Gasteiger partial charge in [0.2, 0.25) is 0 Å². The highest BCUT2D eigenvalue weighted by atomic mass is 16.5. The van der Waals surface area contributed by atoms with Gasteiger partial charge in [-0.3, -0.25) is 0 Å². The second-order valence-electron chi connectivity index (χ2n) is 6.19. The molecule has 0 aliphatic heterocycles. The van der Waals surface area contributed by atoms with E-state index in [1.54, 1.807) is 0 Å². The summed E-state index contributed by atoms with van der Waals surface area (Å²) in [4.78, 5) is 0. The van der Waals surface area contributed by atoms with E-state index in [0.717, 1.165) is 31.4 Å².